The zero-order valence-corrected chi connectivity index (χ0v) is 9.09. The minimum absolute atomic E-state index is 0.306. The van der Waals surface area contributed by atoms with Gasteiger partial charge in [0.15, 0.2) is 0 Å². The third-order valence-electron chi connectivity index (χ3n) is 1.88. The van der Waals surface area contributed by atoms with Crippen molar-refractivity contribution in [2.75, 3.05) is 0 Å². The van der Waals surface area contributed by atoms with Crippen LogP contribution in [-0.2, 0) is 4.79 Å². The van der Waals surface area contributed by atoms with Crippen molar-refractivity contribution < 1.29 is 9.90 Å². The van der Waals surface area contributed by atoms with Crippen LogP contribution in [0.3, 0.4) is 0 Å². The second-order valence-corrected chi connectivity index (χ2v) is 3.73. The monoisotopic (exact) mass is 243 g/mol. The normalized spacial score (nSPS) is 11.8. The molecule has 0 aromatic heterocycles. The van der Waals surface area contributed by atoms with Gasteiger partial charge in [-0.2, -0.15) is 5.26 Å². The largest absolute Gasteiger partial charge is 0.481 e. The first kappa shape index (κ1) is 11.8. The van der Waals surface area contributed by atoms with E-state index in [9.17, 15) is 4.79 Å². The molecule has 78 valence electrons. The van der Waals surface area contributed by atoms with Crippen molar-refractivity contribution in [3.05, 3.63) is 33.8 Å². The fourth-order valence-corrected chi connectivity index (χ4v) is 1.89. The van der Waals surface area contributed by atoms with Crippen molar-refractivity contribution in [2.45, 2.75) is 12.3 Å². The molecule has 0 heterocycles. The number of nitriles is 1. The lowest BCUT2D eigenvalue weighted by Crippen LogP contribution is -2.05. The molecule has 0 fully saturated rings. The Morgan fingerprint density at radius 3 is 2.40 bits per heavy atom. The molecule has 0 bridgehead atoms. The molecule has 0 amide bonds. The van der Waals surface area contributed by atoms with Crippen molar-refractivity contribution in [1.29, 1.82) is 5.26 Å². The Kier molecular flexibility index (Phi) is 3.96. The predicted molar refractivity (Wildman–Crippen MR) is 57.1 cm³/mol. The Labute approximate surface area is 96.8 Å². The Morgan fingerprint density at radius 1 is 1.47 bits per heavy atom. The smallest absolute Gasteiger partial charge is 0.305 e. The highest BCUT2D eigenvalue weighted by Crippen LogP contribution is 2.32. The van der Waals surface area contributed by atoms with E-state index < -0.39 is 11.9 Å². The molecule has 0 unspecified atom stereocenters. The molecule has 15 heavy (non-hydrogen) atoms. The molecule has 1 N–H and O–H groups in total. The van der Waals surface area contributed by atoms with E-state index in [1.54, 1.807) is 18.2 Å². The number of benzene rings is 1. The van der Waals surface area contributed by atoms with Crippen LogP contribution in [0.25, 0.3) is 0 Å². The lowest BCUT2D eigenvalue weighted by molar-refractivity contribution is -0.137. The van der Waals surface area contributed by atoms with E-state index in [0.29, 0.717) is 15.6 Å². The Hall–Kier alpha value is -1.24. The van der Waals surface area contributed by atoms with Gasteiger partial charge in [0, 0.05) is 15.6 Å². The lowest BCUT2D eigenvalue weighted by Gasteiger charge is -2.10. The summed E-state index contributed by atoms with van der Waals surface area (Å²) in [5, 5.41) is 18.1. The van der Waals surface area contributed by atoms with E-state index in [0.717, 1.165) is 0 Å². The molecule has 3 nitrogen and oxygen atoms in total. The van der Waals surface area contributed by atoms with Gasteiger partial charge in [0.1, 0.15) is 0 Å². The van der Waals surface area contributed by atoms with Gasteiger partial charge < -0.3 is 5.11 Å². The molecule has 0 aliphatic heterocycles. The highest BCUT2D eigenvalue weighted by Gasteiger charge is 2.20. The first-order valence-electron chi connectivity index (χ1n) is 4.11. The topological polar surface area (TPSA) is 61.1 Å². The minimum Gasteiger partial charge on any atom is -0.481 e. The average Bonchev–Trinajstić information content (AvgIpc) is 2.15. The highest BCUT2D eigenvalue weighted by atomic mass is 35.5. The van der Waals surface area contributed by atoms with Gasteiger partial charge in [0.05, 0.1) is 18.4 Å². The number of carbonyl (C=O) groups is 1. The maximum atomic E-state index is 10.5. The molecule has 0 spiro atoms. The summed E-state index contributed by atoms with van der Waals surface area (Å²) in [5.41, 5.74) is 0.380. The average molecular weight is 244 g/mol. The van der Waals surface area contributed by atoms with Gasteiger partial charge in [-0.15, -0.1) is 0 Å². The number of nitrogens with zero attached hydrogens (tertiary/aromatic N) is 1. The molecule has 0 aliphatic carbocycles. The molecular formula is C10H7Cl2NO2. The fraction of sp³-hybridized carbons (Fsp3) is 0.200. The fourth-order valence-electron chi connectivity index (χ4n) is 1.23. The van der Waals surface area contributed by atoms with E-state index in [1.807, 2.05) is 6.07 Å². The molecule has 1 aromatic carbocycles. The molecule has 0 saturated carbocycles. The minimum atomic E-state index is -1.06. The molecule has 0 aliphatic rings. The molecule has 1 atom stereocenters. The number of aliphatic carboxylic acids is 1. The summed E-state index contributed by atoms with van der Waals surface area (Å²) >= 11 is 11.7. The second kappa shape index (κ2) is 5.01. The predicted octanol–water partition coefficient (Wildman–Crippen LogP) is 3.08. The zero-order chi connectivity index (χ0) is 11.4. The van der Waals surface area contributed by atoms with Crippen molar-refractivity contribution >= 4 is 29.2 Å². The number of hydrogen-bond donors (Lipinski definition) is 1. The van der Waals surface area contributed by atoms with Gasteiger partial charge in [0.25, 0.3) is 0 Å². The summed E-state index contributed by atoms with van der Waals surface area (Å²) in [7, 11) is 0. The second-order valence-electron chi connectivity index (χ2n) is 2.91. The molecule has 0 radical (unpaired) electrons. The summed E-state index contributed by atoms with van der Waals surface area (Å²) in [6, 6.07) is 6.68. The molecule has 1 rings (SSSR count). The van der Waals surface area contributed by atoms with Crippen LogP contribution >= 0.6 is 23.2 Å². The summed E-state index contributed by atoms with van der Waals surface area (Å²) < 4.78 is 0. The number of carboxylic acid groups (broad SMARTS) is 1. The molecular weight excluding hydrogens is 237 g/mol. The molecule has 5 heteroatoms. The first-order chi connectivity index (χ1) is 7.06. The quantitative estimate of drug-likeness (QED) is 0.888. The summed E-state index contributed by atoms with van der Waals surface area (Å²) in [6.45, 7) is 0. The van der Waals surface area contributed by atoms with E-state index in [2.05, 4.69) is 0 Å². The Balaban J connectivity index is 3.13. The third-order valence-corrected chi connectivity index (χ3v) is 2.54. The van der Waals surface area contributed by atoms with E-state index in [4.69, 9.17) is 33.6 Å². The lowest BCUT2D eigenvalue weighted by atomic mass is 9.97. The number of halogens is 2. The van der Waals surface area contributed by atoms with Crippen molar-refractivity contribution in [3.63, 3.8) is 0 Å². The van der Waals surface area contributed by atoms with E-state index in [1.165, 1.54) is 0 Å². The maximum Gasteiger partial charge on any atom is 0.305 e. The van der Waals surface area contributed by atoms with Gasteiger partial charge in [0.2, 0.25) is 0 Å². The van der Waals surface area contributed by atoms with Crippen LogP contribution in [0.15, 0.2) is 18.2 Å². The van der Waals surface area contributed by atoms with Crippen LogP contribution in [0.5, 0.6) is 0 Å². The third kappa shape index (κ3) is 2.85. The number of carboxylic acids is 1. The van der Waals surface area contributed by atoms with Crippen LogP contribution in [0.4, 0.5) is 0 Å². The van der Waals surface area contributed by atoms with Gasteiger partial charge in [-0.25, -0.2) is 0 Å². The Morgan fingerprint density at radius 2 is 2.00 bits per heavy atom. The molecule has 0 saturated heterocycles. The maximum absolute atomic E-state index is 10.5. The van der Waals surface area contributed by atoms with Crippen LogP contribution in [0.1, 0.15) is 17.9 Å². The van der Waals surface area contributed by atoms with E-state index in [-0.39, 0.29) is 6.42 Å². The van der Waals surface area contributed by atoms with Crippen LogP contribution in [0.2, 0.25) is 10.0 Å². The molecule has 1 aromatic rings. The van der Waals surface area contributed by atoms with Crippen LogP contribution < -0.4 is 0 Å². The van der Waals surface area contributed by atoms with Gasteiger partial charge in [-0.05, 0) is 12.1 Å². The van der Waals surface area contributed by atoms with Gasteiger partial charge in [-0.3, -0.25) is 4.79 Å². The first-order valence-corrected chi connectivity index (χ1v) is 4.87. The summed E-state index contributed by atoms with van der Waals surface area (Å²) in [5.74, 6) is -1.87. The number of rotatable bonds is 3. The van der Waals surface area contributed by atoms with Crippen LogP contribution in [0, 0.1) is 11.3 Å². The summed E-state index contributed by atoms with van der Waals surface area (Å²) in [6.07, 6.45) is -0.306. The van der Waals surface area contributed by atoms with E-state index >= 15 is 0 Å². The van der Waals surface area contributed by atoms with Gasteiger partial charge in [-0.1, -0.05) is 29.3 Å². The SMILES string of the molecule is N#C[C@H](CC(=O)O)c1c(Cl)cccc1Cl. The standard InChI is InChI=1S/C10H7Cl2NO2/c11-7-2-1-3-8(12)10(7)6(5-13)4-9(14)15/h1-3,6H,4H2,(H,14,15)/t6-/m0/s1. The van der Waals surface area contributed by atoms with Crippen molar-refractivity contribution in [2.24, 2.45) is 0 Å². The zero-order valence-electron chi connectivity index (χ0n) is 7.58. The van der Waals surface area contributed by atoms with Crippen molar-refractivity contribution in [1.82, 2.24) is 0 Å². The van der Waals surface area contributed by atoms with Crippen molar-refractivity contribution in [3.8, 4) is 6.07 Å². The Bertz CT molecular complexity index is 406. The summed E-state index contributed by atoms with van der Waals surface area (Å²) in [4.78, 5) is 10.5. The van der Waals surface area contributed by atoms with Crippen LogP contribution in [-0.4, -0.2) is 11.1 Å². The van der Waals surface area contributed by atoms with Gasteiger partial charge >= 0.3 is 5.97 Å². The number of hydrogen-bond acceptors (Lipinski definition) is 2. The highest BCUT2D eigenvalue weighted by molar-refractivity contribution is 6.36.